The lowest BCUT2D eigenvalue weighted by atomic mass is 9.93. The van der Waals surface area contributed by atoms with Crippen LogP contribution in [-0.4, -0.2) is 112 Å². The van der Waals surface area contributed by atoms with Crippen molar-refractivity contribution < 1.29 is 38.0 Å². The van der Waals surface area contributed by atoms with Crippen molar-refractivity contribution in [1.82, 2.24) is 30.0 Å². The molecule has 8 rings (SSSR count). The molecule has 4 unspecified atom stereocenters. The van der Waals surface area contributed by atoms with E-state index in [1.54, 1.807) is 91.2 Å². The normalized spacial score (nSPS) is 20.1. The van der Waals surface area contributed by atoms with Gasteiger partial charge in [-0.3, -0.25) is 29.5 Å². The summed E-state index contributed by atoms with van der Waals surface area (Å²) in [5.74, 6) is 0.477. The lowest BCUT2D eigenvalue weighted by Crippen LogP contribution is -2.59. The van der Waals surface area contributed by atoms with E-state index in [1.807, 2.05) is 78.9 Å². The van der Waals surface area contributed by atoms with Crippen LogP contribution >= 0.6 is 11.6 Å². The number of halogens is 1. The molecule has 0 saturated heterocycles. The summed E-state index contributed by atoms with van der Waals surface area (Å²) in [4.78, 5) is 45.4. The number of aromatic nitrogens is 4. The fourth-order valence-corrected chi connectivity index (χ4v) is 9.44. The first-order valence-electron chi connectivity index (χ1n) is 24.8. The number of carbonyl (C=O) groups excluding carboxylic acids is 2. The topological polar surface area (TPSA) is 224 Å². The molecule has 0 saturated carbocycles. The number of nitrogens with two attached hydrogens (primary N) is 2. The lowest BCUT2D eigenvalue weighted by Gasteiger charge is -2.46. The molecule has 18 nitrogen and oxygen atoms in total. The van der Waals surface area contributed by atoms with Gasteiger partial charge in [-0.25, -0.2) is 10.0 Å². The molecule has 2 aliphatic rings. The van der Waals surface area contributed by atoms with Gasteiger partial charge < -0.3 is 39.9 Å². The molecule has 0 fully saturated rings. The maximum absolute atomic E-state index is 13.6. The van der Waals surface area contributed by atoms with Crippen molar-refractivity contribution >= 4 is 36.0 Å². The maximum atomic E-state index is 13.6. The molecule has 6 aromatic rings. The average molecular weight is 1040 g/mol. The fraction of sp³-hybridized carbons (Fsp3) is 0.357. The number of methoxy groups -OCH3 is 2. The van der Waals surface area contributed by atoms with Gasteiger partial charge in [0.25, 0.3) is 5.90 Å². The summed E-state index contributed by atoms with van der Waals surface area (Å²) in [6, 6.07) is 35.4. The molecule has 6 heterocycles. The molecule has 0 spiro atoms. The number of aldehydes is 2. The molecule has 392 valence electrons. The summed E-state index contributed by atoms with van der Waals surface area (Å²) < 4.78 is 40.3. The molecule has 0 radical (unpaired) electrons. The Labute approximate surface area is 442 Å². The number of hydrogen-bond donors (Lipinski definition) is 2. The quantitative estimate of drug-likeness (QED) is 0.0486. The Bertz CT molecular complexity index is 2880. The van der Waals surface area contributed by atoms with Crippen LogP contribution in [0.4, 0.5) is 0 Å². The van der Waals surface area contributed by atoms with E-state index in [2.05, 4.69) is 15.0 Å². The van der Waals surface area contributed by atoms with Crippen LogP contribution in [-0.2, 0) is 62.3 Å². The predicted molar refractivity (Wildman–Crippen MR) is 281 cm³/mol. The number of carbonyl (C=O) groups is 2. The number of rotatable bonds is 27. The second kappa shape index (κ2) is 24.5. The highest BCUT2D eigenvalue weighted by atomic mass is 35.5. The Balaban J connectivity index is 1.22. The van der Waals surface area contributed by atoms with Crippen LogP contribution in [0.1, 0.15) is 85.0 Å². The van der Waals surface area contributed by atoms with Crippen LogP contribution < -0.4 is 11.5 Å². The maximum Gasteiger partial charge on any atom is 0.259 e. The Morgan fingerprint density at radius 1 is 0.693 bits per heavy atom. The minimum Gasteiger partial charge on any atom is -0.443 e. The number of ether oxygens (including phenoxy) is 6. The van der Waals surface area contributed by atoms with Gasteiger partial charge in [-0.15, -0.1) is 10.2 Å². The molecule has 4 N–H and O–H groups in total. The zero-order valence-corrected chi connectivity index (χ0v) is 43.2. The minimum atomic E-state index is -1.68. The van der Waals surface area contributed by atoms with Crippen molar-refractivity contribution in [2.75, 3.05) is 33.9 Å². The molecule has 4 aromatic heterocycles. The summed E-state index contributed by atoms with van der Waals surface area (Å²) in [5, 5.41) is 14.0. The SMILES string of the molecule is COC(C)(C=O)C(OCCc1ncccc1C(Cc1cc(Cl)ccn1)OC(N1N=C(c2cccnc2)O[C@@]1(CCCN)c1ccccc1)[C@@](C)(C=O)OC)N1N=C(c2ccccn2)O[C@@]1(CCCN)c1ccccc1. The van der Waals surface area contributed by atoms with E-state index in [0.717, 1.165) is 11.1 Å². The van der Waals surface area contributed by atoms with E-state index in [1.165, 1.54) is 14.2 Å². The first kappa shape index (κ1) is 54.2. The highest BCUT2D eigenvalue weighted by Gasteiger charge is 2.57. The Morgan fingerprint density at radius 3 is 1.88 bits per heavy atom. The van der Waals surface area contributed by atoms with Gasteiger partial charge in [-0.05, 0) is 82.2 Å². The van der Waals surface area contributed by atoms with Gasteiger partial charge >= 0.3 is 0 Å². The van der Waals surface area contributed by atoms with Gasteiger partial charge in [0.2, 0.25) is 17.3 Å². The molecular weight excluding hydrogens is 976 g/mol. The molecule has 75 heavy (non-hydrogen) atoms. The van der Waals surface area contributed by atoms with E-state index < -0.39 is 41.2 Å². The summed E-state index contributed by atoms with van der Waals surface area (Å²) in [6.07, 6.45) is 8.35. The van der Waals surface area contributed by atoms with Crippen molar-refractivity contribution in [2.45, 2.75) is 93.6 Å². The van der Waals surface area contributed by atoms with Crippen LogP contribution in [0.5, 0.6) is 0 Å². The largest absolute Gasteiger partial charge is 0.443 e. The van der Waals surface area contributed by atoms with E-state index in [9.17, 15) is 9.59 Å². The highest BCUT2D eigenvalue weighted by molar-refractivity contribution is 6.30. The summed E-state index contributed by atoms with van der Waals surface area (Å²) in [5.41, 5.74) is 10.8. The summed E-state index contributed by atoms with van der Waals surface area (Å²) in [6.45, 7) is 3.95. The van der Waals surface area contributed by atoms with Gasteiger partial charge in [0, 0.05) is 104 Å². The predicted octanol–water partition coefficient (Wildman–Crippen LogP) is 7.21. The second-order valence-corrected chi connectivity index (χ2v) is 18.9. The molecule has 19 heteroatoms. The third-order valence-electron chi connectivity index (χ3n) is 13.5. The van der Waals surface area contributed by atoms with Crippen LogP contribution in [0.25, 0.3) is 0 Å². The third-order valence-corrected chi connectivity index (χ3v) is 13.7. The Hall–Kier alpha value is -7.03. The van der Waals surface area contributed by atoms with Crippen LogP contribution in [0.15, 0.2) is 156 Å². The van der Waals surface area contributed by atoms with Crippen molar-refractivity contribution in [3.63, 3.8) is 0 Å². The van der Waals surface area contributed by atoms with Gasteiger partial charge in [-0.1, -0.05) is 84.4 Å². The lowest BCUT2D eigenvalue weighted by molar-refractivity contribution is -0.247. The van der Waals surface area contributed by atoms with Gasteiger partial charge in [-0.2, -0.15) is 0 Å². The van der Waals surface area contributed by atoms with E-state index in [-0.39, 0.29) is 31.2 Å². The first-order chi connectivity index (χ1) is 36.5. The average Bonchev–Trinajstić information content (AvgIpc) is 4.07. The van der Waals surface area contributed by atoms with Crippen LogP contribution in [0.3, 0.4) is 0 Å². The monoisotopic (exact) mass is 1040 g/mol. The van der Waals surface area contributed by atoms with Crippen molar-refractivity contribution in [3.8, 4) is 0 Å². The van der Waals surface area contributed by atoms with Crippen LogP contribution in [0, 0.1) is 0 Å². The molecule has 0 bridgehead atoms. The van der Waals surface area contributed by atoms with Gasteiger partial charge in [0.1, 0.15) is 5.69 Å². The van der Waals surface area contributed by atoms with Gasteiger partial charge in [0.15, 0.2) is 36.2 Å². The smallest absolute Gasteiger partial charge is 0.259 e. The Kier molecular flexibility index (Phi) is 17.8. The molecule has 2 aliphatic heterocycles. The van der Waals surface area contributed by atoms with Crippen LogP contribution in [0.2, 0.25) is 5.02 Å². The summed E-state index contributed by atoms with van der Waals surface area (Å²) >= 11 is 6.60. The molecule has 0 aliphatic carbocycles. The van der Waals surface area contributed by atoms with E-state index in [4.69, 9.17) is 66.7 Å². The first-order valence-corrected chi connectivity index (χ1v) is 25.2. The summed E-state index contributed by atoms with van der Waals surface area (Å²) in [7, 11) is 2.89. The number of pyridine rings is 4. The number of nitrogens with zero attached hydrogens (tertiary/aromatic N) is 8. The standard InChI is InChI=1S/C56H63ClN10O8/c1-53(38-68,70-3)51(66-55(26-15-28-58,41-18-7-5-8-19-41)75-50(65-66)47-23-11-12-31-63-47)72-34-25-46-45(22-14-32-62-46)48(36-44-35-43(57)24-33-61-44)73-52(54(2,39-69)71-4)67-56(27-16-29-59,42-20-9-6-10-21-42)74-49(64-67)40-17-13-30-60-37-40/h5-14,17-24,30-33,35,37-39,48,51-52H,15-16,25-29,34,36,58-59H2,1-4H3/t48?,51?,52?,53?,54-,55+,56+/m1/s1. The third kappa shape index (κ3) is 11.6. The van der Waals surface area contributed by atoms with Crippen molar-refractivity contribution in [3.05, 3.63) is 191 Å². The zero-order valence-electron chi connectivity index (χ0n) is 42.5. The van der Waals surface area contributed by atoms with Gasteiger partial charge in [0.05, 0.1) is 18.3 Å². The second-order valence-electron chi connectivity index (χ2n) is 18.4. The molecular formula is C56H63ClN10O8. The van der Waals surface area contributed by atoms with Crippen molar-refractivity contribution in [2.24, 2.45) is 21.7 Å². The molecule has 7 atom stereocenters. The number of hydrazone groups is 2. The molecule has 2 aromatic carbocycles. The van der Waals surface area contributed by atoms with E-state index in [0.29, 0.717) is 84.6 Å². The highest BCUT2D eigenvalue weighted by Crippen LogP contribution is 2.47. The minimum absolute atomic E-state index is 0.0151. The van der Waals surface area contributed by atoms with E-state index >= 15 is 0 Å². The number of hydrogen-bond acceptors (Lipinski definition) is 18. The Morgan fingerprint density at radius 2 is 1.29 bits per heavy atom. The number of benzene rings is 2. The zero-order chi connectivity index (χ0) is 52.9. The van der Waals surface area contributed by atoms with Crippen molar-refractivity contribution in [1.29, 1.82) is 0 Å². The fourth-order valence-electron chi connectivity index (χ4n) is 9.26. The molecule has 0 amide bonds.